The minimum absolute atomic E-state index is 0.474. The molecule has 2 aliphatic rings. The first-order valence-corrected chi connectivity index (χ1v) is 9.33. The van der Waals surface area contributed by atoms with Gasteiger partial charge < -0.3 is 10.6 Å². The molecule has 0 bridgehead atoms. The molecule has 1 atom stereocenters. The third-order valence-electron chi connectivity index (χ3n) is 5.42. The van der Waals surface area contributed by atoms with Gasteiger partial charge in [-0.25, -0.2) is 0 Å². The molecule has 1 saturated carbocycles. The molecule has 2 aromatic rings. The van der Waals surface area contributed by atoms with Crippen molar-refractivity contribution in [1.82, 2.24) is 30.1 Å². The van der Waals surface area contributed by atoms with Crippen LogP contribution in [0.4, 0.5) is 0 Å². The average molecular weight is 341 g/mol. The van der Waals surface area contributed by atoms with Gasteiger partial charge in [-0.3, -0.25) is 14.3 Å². The third-order valence-corrected chi connectivity index (χ3v) is 5.42. The molecule has 7 heteroatoms. The Balaban J connectivity index is 1.31. The van der Waals surface area contributed by atoms with Gasteiger partial charge in [-0.05, 0) is 31.4 Å². The fourth-order valence-electron chi connectivity index (χ4n) is 4.07. The topological polar surface area (TPSA) is 69.8 Å². The van der Waals surface area contributed by atoms with Crippen molar-refractivity contribution in [2.24, 2.45) is 4.99 Å². The molecule has 0 radical (unpaired) electrons. The molecule has 2 aromatic heterocycles. The van der Waals surface area contributed by atoms with E-state index in [-0.39, 0.29) is 0 Å². The van der Waals surface area contributed by atoms with Crippen molar-refractivity contribution >= 4 is 11.6 Å². The second-order valence-electron chi connectivity index (χ2n) is 7.03. The summed E-state index contributed by atoms with van der Waals surface area (Å²) in [5.74, 6) is 1.73. The minimum Gasteiger partial charge on any atom is -0.352 e. The van der Waals surface area contributed by atoms with E-state index in [0.29, 0.717) is 12.6 Å². The summed E-state index contributed by atoms with van der Waals surface area (Å²) in [6.45, 7) is 2.93. The Morgan fingerprint density at radius 3 is 2.96 bits per heavy atom. The number of aromatic nitrogens is 3. The molecule has 1 aliphatic carbocycles. The number of nitrogens with one attached hydrogen (secondary N) is 2. The maximum atomic E-state index is 4.37. The fraction of sp³-hybridized carbons (Fsp3) is 0.611. The monoisotopic (exact) mass is 341 g/mol. The summed E-state index contributed by atoms with van der Waals surface area (Å²) in [4.78, 5) is 7.03. The molecule has 3 heterocycles. The van der Waals surface area contributed by atoms with E-state index < -0.39 is 0 Å². The summed E-state index contributed by atoms with van der Waals surface area (Å²) >= 11 is 0. The lowest BCUT2D eigenvalue weighted by atomic mass is 10.2. The number of guanidine groups is 1. The smallest absolute Gasteiger partial charge is 0.191 e. The van der Waals surface area contributed by atoms with E-state index in [1.54, 1.807) is 0 Å². The first kappa shape index (κ1) is 16.3. The van der Waals surface area contributed by atoms with Gasteiger partial charge in [0.25, 0.3) is 0 Å². The van der Waals surface area contributed by atoms with Gasteiger partial charge in [0.15, 0.2) is 17.4 Å². The van der Waals surface area contributed by atoms with Crippen LogP contribution in [-0.4, -0.2) is 57.7 Å². The highest BCUT2D eigenvalue weighted by molar-refractivity contribution is 5.79. The molecule has 25 heavy (non-hydrogen) atoms. The summed E-state index contributed by atoms with van der Waals surface area (Å²) in [5, 5.41) is 15.4. The van der Waals surface area contributed by atoms with Gasteiger partial charge in [-0.15, -0.1) is 10.2 Å². The van der Waals surface area contributed by atoms with Crippen LogP contribution >= 0.6 is 0 Å². The van der Waals surface area contributed by atoms with Gasteiger partial charge >= 0.3 is 0 Å². The molecular weight excluding hydrogens is 314 g/mol. The van der Waals surface area contributed by atoms with Crippen molar-refractivity contribution in [3.63, 3.8) is 0 Å². The van der Waals surface area contributed by atoms with Crippen LogP contribution in [0.3, 0.4) is 0 Å². The predicted octanol–water partition coefficient (Wildman–Crippen LogP) is 1.41. The highest BCUT2D eigenvalue weighted by atomic mass is 15.3. The van der Waals surface area contributed by atoms with E-state index >= 15 is 0 Å². The lowest BCUT2D eigenvalue weighted by molar-refractivity contribution is 0.242. The van der Waals surface area contributed by atoms with Crippen LogP contribution in [0.1, 0.15) is 37.9 Å². The van der Waals surface area contributed by atoms with Crippen molar-refractivity contribution in [3.05, 3.63) is 30.2 Å². The summed E-state index contributed by atoms with van der Waals surface area (Å²) in [5.41, 5.74) is 0.866. The van der Waals surface area contributed by atoms with Crippen LogP contribution in [-0.2, 0) is 6.54 Å². The highest BCUT2D eigenvalue weighted by Gasteiger charge is 2.30. The maximum absolute atomic E-state index is 4.37. The van der Waals surface area contributed by atoms with Crippen molar-refractivity contribution in [2.75, 3.05) is 20.1 Å². The number of rotatable bonds is 4. The summed E-state index contributed by atoms with van der Waals surface area (Å²) < 4.78 is 2.00. The Bertz CT molecular complexity index is 732. The standard InChI is InChI=1S/C18H27N7/c1-19-18(20-12-17-23-22-16-8-4-5-10-25(16)17)21-14-9-11-24(13-14)15-6-2-3-7-15/h4-5,8,10,14-15H,2-3,6-7,9,11-13H2,1H3,(H2,19,20,21). The predicted molar refractivity (Wildman–Crippen MR) is 98.6 cm³/mol. The van der Waals surface area contributed by atoms with E-state index in [1.807, 2.05) is 35.8 Å². The maximum Gasteiger partial charge on any atom is 0.191 e. The Morgan fingerprint density at radius 2 is 2.12 bits per heavy atom. The van der Waals surface area contributed by atoms with Crippen LogP contribution < -0.4 is 10.6 Å². The second kappa shape index (κ2) is 7.39. The molecule has 2 fully saturated rings. The average Bonchev–Trinajstić information content (AvgIpc) is 3.38. The Labute approximate surface area is 148 Å². The molecule has 1 aliphatic heterocycles. The van der Waals surface area contributed by atoms with Crippen LogP contribution in [0, 0.1) is 0 Å². The van der Waals surface area contributed by atoms with Gasteiger partial charge in [0.2, 0.25) is 0 Å². The number of pyridine rings is 1. The molecule has 0 aromatic carbocycles. The van der Waals surface area contributed by atoms with Crippen molar-refractivity contribution in [3.8, 4) is 0 Å². The lowest BCUT2D eigenvalue weighted by Gasteiger charge is -2.24. The second-order valence-corrected chi connectivity index (χ2v) is 7.03. The van der Waals surface area contributed by atoms with Crippen LogP contribution in [0.15, 0.2) is 29.4 Å². The van der Waals surface area contributed by atoms with E-state index in [0.717, 1.165) is 30.0 Å². The highest BCUT2D eigenvalue weighted by Crippen LogP contribution is 2.26. The first-order chi connectivity index (χ1) is 12.3. The van der Waals surface area contributed by atoms with Crippen molar-refractivity contribution < 1.29 is 0 Å². The van der Waals surface area contributed by atoms with Gasteiger partial charge in [-0.1, -0.05) is 18.9 Å². The molecule has 1 unspecified atom stereocenters. The SMILES string of the molecule is CN=C(NCc1nnc2ccccn12)NC1CCN(C2CCCC2)C1. The zero-order valence-electron chi connectivity index (χ0n) is 14.9. The fourth-order valence-corrected chi connectivity index (χ4v) is 4.07. The molecular formula is C18H27N7. The van der Waals surface area contributed by atoms with Gasteiger partial charge in [0.1, 0.15) is 0 Å². The third kappa shape index (κ3) is 3.61. The lowest BCUT2D eigenvalue weighted by Crippen LogP contribution is -2.45. The van der Waals surface area contributed by atoms with E-state index in [4.69, 9.17) is 0 Å². The van der Waals surface area contributed by atoms with Gasteiger partial charge in [-0.2, -0.15) is 0 Å². The van der Waals surface area contributed by atoms with Crippen molar-refractivity contribution in [2.45, 2.75) is 50.7 Å². The van der Waals surface area contributed by atoms with Crippen LogP contribution in [0.2, 0.25) is 0 Å². The molecule has 7 nitrogen and oxygen atoms in total. The molecule has 0 amide bonds. The van der Waals surface area contributed by atoms with Crippen LogP contribution in [0.5, 0.6) is 0 Å². The number of hydrogen-bond acceptors (Lipinski definition) is 4. The normalized spacial score (nSPS) is 22.8. The number of fused-ring (bicyclic) bond motifs is 1. The van der Waals surface area contributed by atoms with E-state index in [2.05, 4.69) is 30.7 Å². The summed E-state index contributed by atoms with van der Waals surface area (Å²) in [6.07, 6.45) is 8.72. The zero-order valence-corrected chi connectivity index (χ0v) is 14.9. The number of hydrogen-bond donors (Lipinski definition) is 2. The molecule has 2 N–H and O–H groups in total. The molecule has 1 saturated heterocycles. The Morgan fingerprint density at radius 1 is 1.24 bits per heavy atom. The van der Waals surface area contributed by atoms with Gasteiger partial charge in [0, 0.05) is 38.4 Å². The number of nitrogens with zero attached hydrogens (tertiary/aromatic N) is 5. The Kier molecular flexibility index (Phi) is 4.83. The van der Waals surface area contributed by atoms with Crippen molar-refractivity contribution in [1.29, 1.82) is 0 Å². The van der Waals surface area contributed by atoms with E-state index in [9.17, 15) is 0 Å². The molecule has 0 spiro atoms. The first-order valence-electron chi connectivity index (χ1n) is 9.33. The largest absolute Gasteiger partial charge is 0.352 e. The quantitative estimate of drug-likeness (QED) is 0.650. The van der Waals surface area contributed by atoms with Crippen LogP contribution in [0.25, 0.3) is 5.65 Å². The Hall–Kier alpha value is -2.15. The zero-order chi connectivity index (χ0) is 17.1. The summed E-state index contributed by atoms with van der Waals surface area (Å²) in [7, 11) is 1.82. The number of likely N-dealkylation sites (tertiary alicyclic amines) is 1. The molecule has 134 valence electrons. The van der Waals surface area contributed by atoms with E-state index in [1.165, 1.54) is 38.6 Å². The molecule has 4 rings (SSSR count). The minimum atomic E-state index is 0.474. The van der Waals surface area contributed by atoms with Gasteiger partial charge in [0.05, 0.1) is 6.54 Å². The number of aliphatic imine (C=N–C) groups is 1. The summed E-state index contributed by atoms with van der Waals surface area (Å²) in [6, 6.07) is 7.20.